The summed E-state index contributed by atoms with van der Waals surface area (Å²) in [5.41, 5.74) is 9.96. The maximum Gasteiger partial charge on any atom is 0.326 e. The molecule has 0 amide bonds. The zero-order chi connectivity index (χ0) is 23.0. The molecule has 5 heterocycles. The maximum atomic E-state index is 14.5. The number of ether oxygens (including phenoxy) is 1. The van der Waals surface area contributed by atoms with Gasteiger partial charge in [0.05, 0.1) is 34.6 Å². The molecule has 7 rings (SSSR count). The lowest BCUT2D eigenvalue weighted by atomic mass is 10.0. The van der Waals surface area contributed by atoms with Gasteiger partial charge in [-0.3, -0.25) is 0 Å². The van der Waals surface area contributed by atoms with Crippen LogP contribution >= 0.6 is 0 Å². The Morgan fingerprint density at radius 2 is 2.12 bits per heavy atom. The van der Waals surface area contributed by atoms with Crippen molar-refractivity contribution in [2.75, 3.05) is 30.4 Å². The van der Waals surface area contributed by atoms with E-state index in [1.165, 1.54) is 12.1 Å². The first-order valence-corrected chi connectivity index (χ1v) is 11.2. The third kappa shape index (κ3) is 2.83. The highest BCUT2D eigenvalue weighted by Crippen LogP contribution is 2.53. The number of aromatic nitrogens is 6. The van der Waals surface area contributed by atoms with Gasteiger partial charge in [0.1, 0.15) is 17.3 Å². The van der Waals surface area contributed by atoms with Crippen LogP contribution in [0.4, 0.5) is 15.9 Å². The second-order valence-corrected chi connectivity index (χ2v) is 9.20. The van der Waals surface area contributed by atoms with Crippen LogP contribution in [0.5, 0.6) is 11.8 Å². The van der Waals surface area contributed by atoms with Crippen molar-refractivity contribution in [2.45, 2.75) is 18.9 Å². The van der Waals surface area contributed by atoms with Crippen molar-refractivity contribution in [3.63, 3.8) is 0 Å². The van der Waals surface area contributed by atoms with Crippen molar-refractivity contribution in [1.29, 1.82) is 0 Å². The normalized spacial score (nSPS) is 19.0. The molecular formula is C23H22FN9O. The van der Waals surface area contributed by atoms with Crippen LogP contribution in [0.2, 0.25) is 0 Å². The number of H-pyrrole nitrogens is 2. The number of halogens is 1. The van der Waals surface area contributed by atoms with E-state index in [1.807, 2.05) is 0 Å². The molecule has 11 heteroatoms. The summed E-state index contributed by atoms with van der Waals surface area (Å²) in [6.07, 6.45) is 5.39. The Kier molecular flexibility index (Phi) is 3.87. The number of hydrogen-bond acceptors (Lipinski definition) is 8. The molecule has 1 saturated carbocycles. The first-order valence-electron chi connectivity index (χ1n) is 11.2. The smallest absolute Gasteiger partial charge is 0.326 e. The van der Waals surface area contributed by atoms with E-state index in [0.29, 0.717) is 40.5 Å². The molecule has 1 spiro atoms. The van der Waals surface area contributed by atoms with E-state index in [1.54, 1.807) is 25.6 Å². The molecule has 5 aromatic rings. The lowest BCUT2D eigenvalue weighted by Gasteiger charge is -2.19. The molecule has 1 atom stereocenters. The number of fused-ring (bicyclic) bond motifs is 4. The van der Waals surface area contributed by atoms with E-state index >= 15 is 0 Å². The lowest BCUT2D eigenvalue weighted by molar-refractivity contribution is 0.442. The predicted molar refractivity (Wildman–Crippen MR) is 127 cm³/mol. The highest BCUT2D eigenvalue weighted by molar-refractivity contribution is 6.14. The summed E-state index contributed by atoms with van der Waals surface area (Å²) < 4.78 is 20.5. The molecule has 172 valence electrons. The van der Waals surface area contributed by atoms with Crippen molar-refractivity contribution < 1.29 is 9.13 Å². The summed E-state index contributed by atoms with van der Waals surface area (Å²) in [6, 6.07) is 5.02. The van der Waals surface area contributed by atoms with Gasteiger partial charge in [0.2, 0.25) is 0 Å². The van der Waals surface area contributed by atoms with Crippen molar-refractivity contribution in [1.82, 2.24) is 29.9 Å². The van der Waals surface area contributed by atoms with Gasteiger partial charge in [0.15, 0.2) is 11.4 Å². The minimum absolute atomic E-state index is 0.0729. The van der Waals surface area contributed by atoms with E-state index in [2.05, 4.69) is 35.1 Å². The van der Waals surface area contributed by atoms with Crippen molar-refractivity contribution >= 4 is 44.6 Å². The van der Waals surface area contributed by atoms with E-state index in [4.69, 9.17) is 15.5 Å². The Labute approximate surface area is 192 Å². The molecule has 34 heavy (non-hydrogen) atoms. The summed E-state index contributed by atoms with van der Waals surface area (Å²) in [4.78, 5) is 26.4. The number of anilines is 2. The topological polar surface area (TPSA) is 134 Å². The van der Waals surface area contributed by atoms with Gasteiger partial charge in [-0.05, 0) is 25.0 Å². The van der Waals surface area contributed by atoms with E-state index in [0.717, 1.165) is 35.8 Å². The number of nitrogens with two attached hydrogens (primary N) is 1. The van der Waals surface area contributed by atoms with Gasteiger partial charge in [-0.15, -0.1) is 0 Å². The van der Waals surface area contributed by atoms with E-state index < -0.39 is 0 Å². The Balaban J connectivity index is 1.41. The summed E-state index contributed by atoms with van der Waals surface area (Å²) in [7, 11) is 1.76. The molecule has 0 radical (unpaired) electrons. The number of imidazole rings is 1. The van der Waals surface area contributed by atoms with Crippen LogP contribution in [0.3, 0.4) is 0 Å². The Bertz CT molecular complexity index is 1590. The van der Waals surface area contributed by atoms with Gasteiger partial charge in [-0.25, -0.2) is 14.4 Å². The SMILES string of the molecule is CNc1cc(F)cc2c1[nH]c1nc(Oc3cnc4nc[nH]c4c3)nc(N3C[C@H](N)C4(CC4)C3)c12. The van der Waals surface area contributed by atoms with Crippen LogP contribution in [0, 0.1) is 11.2 Å². The Hall–Kier alpha value is -3.99. The fourth-order valence-electron chi connectivity index (χ4n) is 5.11. The predicted octanol–water partition coefficient (Wildman–Crippen LogP) is 3.28. The molecule has 10 nitrogen and oxygen atoms in total. The third-order valence-electron chi connectivity index (χ3n) is 7.11. The van der Waals surface area contributed by atoms with Gasteiger partial charge < -0.3 is 30.7 Å². The van der Waals surface area contributed by atoms with Gasteiger partial charge in [-0.1, -0.05) is 0 Å². The standard InChI is InChI=1S/C23H22FN9O/c1-26-14-5-11(24)4-13-17-20(30-18(13)14)31-22(34-12-6-15-19(27-7-12)29-10-28-15)32-21(17)33-8-16(25)23(9-33)2-3-23/h4-7,10,16,26H,2-3,8-9,25H2,1H3,(H,27,28,29)(H,30,31,32)/t16-/m0/s1. The quantitative estimate of drug-likeness (QED) is 0.322. The molecule has 0 bridgehead atoms. The largest absolute Gasteiger partial charge is 0.422 e. The molecule has 1 saturated heterocycles. The van der Waals surface area contributed by atoms with Crippen molar-refractivity contribution in [2.24, 2.45) is 11.1 Å². The average molecular weight is 459 g/mol. The minimum Gasteiger partial charge on any atom is -0.422 e. The summed E-state index contributed by atoms with van der Waals surface area (Å²) in [5, 5.41) is 4.53. The van der Waals surface area contributed by atoms with Crippen LogP contribution in [-0.4, -0.2) is 56.1 Å². The molecule has 1 aliphatic heterocycles. The molecule has 0 unspecified atom stereocenters. The Morgan fingerprint density at radius 3 is 2.91 bits per heavy atom. The van der Waals surface area contributed by atoms with E-state index in [9.17, 15) is 4.39 Å². The average Bonchev–Trinajstić information content (AvgIpc) is 3.14. The van der Waals surface area contributed by atoms with Gasteiger partial charge >= 0.3 is 6.01 Å². The molecule has 2 aliphatic rings. The molecule has 4 aromatic heterocycles. The number of aromatic amines is 2. The number of rotatable bonds is 4. The number of nitrogens with one attached hydrogen (secondary N) is 3. The minimum atomic E-state index is -0.334. The Morgan fingerprint density at radius 1 is 1.24 bits per heavy atom. The second-order valence-electron chi connectivity index (χ2n) is 9.20. The number of benzene rings is 1. The molecular weight excluding hydrogens is 437 g/mol. The lowest BCUT2D eigenvalue weighted by Crippen LogP contribution is -2.30. The van der Waals surface area contributed by atoms with Gasteiger partial charge in [-0.2, -0.15) is 9.97 Å². The fraction of sp³-hybridized carbons (Fsp3) is 0.304. The molecule has 2 fully saturated rings. The number of pyridine rings is 1. The van der Waals surface area contributed by atoms with Crippen LogP contribution < -0.4 is 20.7 Å². The first kappa shape index (κ1) is 19.5. The molecule has 1 aliphatic carbocycles. The fourth-order valence-corrected chi connectivity index (χ4v) is 5.11. The zero-order valence-corrected chi connectivity index (χ0v) is 18.4. The summed E-state index contributed by atoms with van der Waals surface area (Å²) in [5.74, 6) is 0.838. The first-order chi connectivity index (χ1) is 16.5. The van der Waals surface area contributed by atoms with Crippen LogP contribution in [0.15, 0.2) is 30.7 Å². The molecule has 1 aromatic carbocycles. The van der Waals surface area contributed by atoms with Gasteiger partial charge in [0, 0.05) is 43.0 Å². The highest BCUT2D eigenvalue weighted by Gasteiger charge is 2.54. The van der Waals surface area contributed by atoms with Crippen LogP contribution in [0.1, 0.15) is 12.8 Å². The second kappa shape index (κ2) is 6.76. The van der Waals surface area contributed by atoms with Crippen LogP contribution in [0.25, 0.3) is 33.1 Å². The number of hydrogen-bond donors (Lipinski definition) is 4. The highest BCUT2D eigenvalue weighted by atomic mass is 19.1. The third-order valence-corrected chi connectivity index (χ3v) is 7.11. The zero-order valence-electron chi connectivity index (χ0n) is 18.4. The maximum absolute atomic E-state index is 14.5. The monoisotopic (exact) mass is 459 g/mol. The van der Waals surface area contributed by atoms with E-state index in [-0.39, 0.29) is 23.3 Å². The summed E-state index contributed by atoms with van der Waals surface area (Å²) in [6.45, 7) is 1.48. The summed E-state index contributed by atoms with van der Waals surface area (Å²) >= 11 is 0. The van der Waals surface area contributed by atoms with Gasteiger partial charge in [0.25, 0.3) is 0 Å². The van der Waals surface area contributed by atoms with Crippen LogP contribution in [-0.2, 0) is 0 Å². The number of nitrogens with zero attached hydrogens (tertiary/aromatic N) is 5. The van der Waals surface area contributed by atoms with Crippen molar-refractivity contribution in [3.8, 4) is 11.8 Å². The molecule has 5 N–H and O–H groups in total. The van der Waals surface area contributed by atoms with Crippen molar-refractivity contribution in [3.05, 3.63) is 36.5 Å².